The summed E-state index contributed by atoms with van der Waals surface area (Å²) in [7, 11) is 0. The molecule has 3 N–H and O–H groups in total. The fourth-order valence-corrected chi connectivity index (χ4v) is 3.83. The SMILES string of the molecule is N#Cc1ccc2c(c1)C1(CCNCC1)[C@H](c1cc(N)ccn1)O2. The van der Waals surface area contributed by atoms with E-state index in [4.69, 9.17) is 10.5 Å². The van der Waals surface area contributed by atoms with Crippen LogP contribution in [0, 0.1) is 11.3 Å². The summed E-state index contributed by atoms with van der Waals surface area (Å²) < 4.78 is 6.29. The number of anilines is 1. The highest BCUT2D eigenvalue weighted by Crippen LogP contribution is 2.54. The van der Waals surface area contributed by atoms with E-state index in [1.54, 1.807) is 12.3 Å². The Morgan fingerprint density at radius 3 is 2.83 bits per heavy atom. The average molecular weight is 306 g/mol. The predicted molar refractivity (Wildman–Crippen MR) is 87.0 cm³/mol. The molecule has 0 radical (unpaired) electrons. The van der Waals surface area contributed by atoms with Crippen LogP contribution < -0.4 is 15.8 Å². The summed E-state index contributed by atoms with van der Waals surface area (Å²) in [5.41, 5.74) is 9.16. The number of nitrogens with two attached hydrogens (primary N) is 1. The lowest BCUT2D eigenvalue weighted by molar-refractivity contribution is 0.115. The molecule has 5 nitrogen and oxygen atoms in total. The minimum absolute atomic E-state index is 0.145. The summed E-state index contributed by atoms with van der Waals surface area (Å²) in [5, 5.41) is 12.7. The van der Waals surface area contributed by atoms with Crippen LogP contribution in [-0.4, -0.2) is 18.1 Å². The molecule has 23 heavy (non-hydrogen) atoms. The first kappa shape index (κ1) is 14.0. The molecule has 1 aromatic heterocycles. The Labute approximate surface area is 135 Å². The van der Waals surface area contributed by atoms with Gasteiger partial charge in [-0.2, -0.15) is 5.26 Å². The molecule has 116 valence electrons. The van der Waals surface area contributed by atoms with Gasteiger partial charge in [-0.3, -0.25) is 4.98 Å². The van der Waals surface area contributed by atoms with Crippen molar-refractivity contribution in [3.8, 4) is 11.8 Å². The number of nitrogens with one attached hydrogen (secondary N) is 1. The Morgan fingerprint density at radius 1 is 1.26 bits per heavy atom. The van der Waals surface area contributed by atoms with E-state index in [9.17, 15) is 5.26 Å². The van der Waals surface area contributed by atoms with Crippen molar-refractivity contribution in [3.05, 3.63) is 53.3 Å². The predicted octanol–water partition coefficient (Wildman–Crippen LogP) is 2.29. The third kappa shape index (κ3) is 2.14. The highest BCUT2D eigenvalue weighted by atomic mass is 16.5. The van der Waals surface area contributed by atoms with Gasteiger partial charge in [0.1, 0.15) is 5.75 Å². The van der Waals surface area contributed by atoms with Gasteiger partial charge in [0.2, 0.25) is 0 Å². The maximum absolute atomic E-state index is 9.24. The summed E-state index contributed by atoms with van der Waals surface area (Å²) in [4.78, 5) is 4.51. The molecular weight excluding hydrogens is 288 g/mol. The molecule has 4 rings (SSSR count). The number of rotatable bonds is 1. The maximum Gasteiger partial charge on any atom is 0.150 e. The molecule has 2 aliphatic heterocycles. The number of pyridine rings is 1. The van der Waals surface area contributed by atoms with Gasteiger partial charge in [-0.25, -0.2) is 0 Å². The lowest BCUT2D eigenvalue weighted by atomic mass is 9.69. The van der Waals surface area contributed by atoms with Crippen molar-refractivity contribution >= 4 is 5.69 Å². The summed E-state index contributed by atoms with van der Waals surface area (Å²) in [6, 6.07) is 11.6. The van der Waals surface area contributed by atoms with Gasteiger partial charge in [0, 0.05) is 22.9 Å². The molecule has 0 bridgehead atoms. The molecule has 1 aromatic carbocycles. The minimum atomic E-state index is -0.156. The van der Waals surface area contributed by atoms with Crippen LogP contribution in [0.2, 0.25) is 0 Å². The van der Waals surface area contributed by atoms with Gasteiger partial charge in [-0.05, 0) is 56.3 Å². The second-order valence-corrected chi connectivity index (χ2v) is 6.24. The van der Waals surface area contributed by atoms with Crippen LogP contribution in [0.25, 0.3) is 0 Å². The van der Waals surface area contributed by atoms with E-state index in [0.717, 1.165) is 42.9 Å². The molecule has 1 saturated heterocycles. The number of hydrogen-bond donors (Lipinski definition) is 2. The van der Waals surface area contributed by atoms with Crippen molar-refractivity contribution in [2.45, 2.75) is 24.4 Å². The van der Waals surface area contributed by atoms with E-state index in [1.807, 2.05) is 24.3 Å². The Hall–Kier alpha value is -2.58. The first-order valence-corrected chi connectivity index (χ1v) is 7.86. The Kier molecular flexibility index (Phi) is 3.21. The molecule has 1 fully saturated rings. The third-order valence-corrected chi connectivity index (χ3v) is 4.96. The number of ether oxygens (including phenoxy) is 1. The van der Waals surface area contributed by atoms with E-state index >= 15 is 0 Å². The number of piperidine rings is 1. The van der Waals surface area contributed by atoms with Gasteiger partial charge in [0.15, 0.2) is 6.10 Å². The lowest BCUT2D eigenvalue weighted by Crippen LogP contribution is -2.43. The molecule has 3 heterocycles. The average Bonchev–Trinajstić information content (AvgIpc) is 2.89. The number of aromatic nitrogens is 1. The maximum atomic E-state index is 9.24. The topological polar surface area (TPSA) is 84.0 Å². The zero-order valence-corrected chi connectivity index (χ0v) is 12.7. The van der Waals surface area contributed by atoms with Crippen molar-refractivity contribution in [1.29, 1.82) is 5.26 Å². The monoisotopic (exact) mass is 306 g/mol. The van der Waals surface area contributed by atoms with Gasteiger partial charge >= 0.3 is 0 Å². The van der Waals surface area contributed by atoms with E-state index in [-0.39, 0.29) is 11.5 Å². The summed E-state index contributed by atoms with van der Waals surface area (Å²) in [5.74, 6) is 0.861. The molecule has 1 atom stereocenters. The minimum Gasteiger partial charge on any atom is -0.483 e. The first-order valence-electron chi connectivity index (χ1n) is 7.86. The standard InChI is InChI=1S/C18H18N4O/c19-11-12-1-2-16-14(9-12)18(4-7-21-8-5-18)17(23-16)15-10-13(20)3-6-22-15/h1-3,6,9-10,17,21H,4-5,7-8H2,(H2,20,22)/t17-/m0/s1. The van der Waals surface area contributed by atoms with Gasteiger partial charge in [0.05, 0.1) is 17.3 Å². The van der Waals surface area contributed by atoms with Crippen molar-refractivity contribution in [2.24, 2.45) is 0 Å². The molecule has 0 amide bonds. The zero-order valence-electron chi connectivity index (χ0n) is 12.7. The highest BCUT2D eigenvalue weighted by Gasteiger charge is 2.50. The van der Waals surface area contributed by atoms with E-state index in [1.165, 1.54) is 0 Å². The largest absolute Gasteiger partial charge is 0.483 e. The van der Waals surface area contributed by atoms with Crippen LogP contribution in [0.5, 0.6) is 5.75 Å². The van der Waals surface area contributed by atoms with E-state index in [2.05, 4.69) is 16.4 Å². The Bertz CT molecular complexity index is 790. The second-order valence-electron chi connectivity index (χ2n) is 6.24. The number of hydrogen-bond acceptors (Lipinski definition) is 5. The number of fused-ring (bicyclic) bond motifs is 2. The van der Waals surface area contributed by atoms with Crippen molar-refractivity contribution in [2.75, 3.05) is 18.8 Å². The molecule has 1 spiro atoms. The quantitative estimate of drug-likeness (QED) is 0.844. The fourth-order valence-electron chi connectivity index (χ4n) is 3.83. The summed E-state index contributed by atoms with van der Waals surface area (Å²) in [6.07, 6.45) is 3.48. The number of benzene rings is 1. The fraction of sp³-hybridized carbons (Fsp3) is 0.333. The summed E-state index contributed by atoms with van der Waals surface area (Å²) in [6.45, 7) is 1.86. The Morgan fingerprint density at radius 2 is 2.09 bits per heavy atom. The number of nitrogen functional groups attached to an aromatic ring is 1. The number of nitrogens with zero attached hydrogens (tertiary/aromatic N) is 2. The van der Waals surface area contributed by atoms with Crippen molar-refractivity contribution in [1.82, 2.24) is 10.3 Å². The molecule has 0 aliphatic carbocycles. The summed E-state index contributed by atoms with van der Waals surface area (Å²) >= 11 is 0. The second kappa shape index (κ2) is 5.25. The van der Waals surface area contributed by atoms with Crippen LogP contribution >= 0.6 is 0 Å². The van der Waals surface area contributed by atoms with E-state index in [0.29, 0.717) is 11.3 Å². The van der Waals surface area contributed by atoms with Crippen LogP contribution in [0.3, 0.4) is 0 Å². The van der Waals surface area contributed by atoms with Gasteiger partial charge < -0.3 is 15.8 Å². The normalized spacial score (nSPS) is 21.4. The molecule has 2 aromatic rings. The molecule has 0 unspecified atom stereocenters. The lowest BCUT2D eigenvalue weighted by Gasteiger charge is -2.37. The molecule has 0 saturated carbocycles. The first-order chi connectivity index (χ1) is 11.2. The van der Waals surface area contributed by atoms with Gasteiger partial charge in [-0.15, -0.1) is 0 Å². The molecule has 5 heteroatoms. The van der Waals surface area contributed by atoms with Crippen LogP contribution in [0.1, 0.15) is 35.8 Å². The number of nitriles is 1. The van der Waals surface area contributed by atoms with Crippen LogP contribution in [0.15, 0.2) is 36.5 Å². The van der Waals surface area contributed by atoms with Crippen molar-refractivity contribution in [3.63, 3.8) is 0 Å². The third-order valence-electron chi connectivity index (χ3n) is 4.96. The van der Waals surface area contributed by atoms with E-state index < -0.39 is 0 Å². The zero-order chi connectivity index (χ0) is 15.9. The Balaban J connectivity index is 1.86. The van der Waals surface area contributed by atoms with Gasteiger partial charge in [-0.1, -0.05) is 0 Å². The van der Waals surface area contributed by atoms with Crippen LogP contribution in [0.4, 0.5) is 5.69 Å². The van der Waals surface area contributed by atoms with Crippen LogP contribution in [-0.2, 0) is 5.41 Å². The highest BCUT2D eigenvalue weighted by molar-refractivity contribution is 5.52. The van der Waals surface area contributed by atoms with Crippen molar-refractivity contribution < 1.29 is 4.74 Å². The molecule has 2 aliphatic rings. The van der Waals surface area contributed by atoms with Gasteiger partial charge in [0.25, 0.3) is 0 Å². The molecular formula is C18H18N4O. The smallest absolute Gasteiger partial charge is 0.150 e.